The van der Waals surface area contributed by atoms with Crippen molar-refractivity contribution in [2.24, 2.45) is 0 Å². The molecule has 438 valence electrons. The maximum absolute atomic E-state index is 12.8. The van der Waals surface area contributed by atoms with Crippen LogP contribution < -0.4 is 4.89 Å². The van der Waals surface area contributed by atoms with Crippen molar-refractivity contribution in [3.05, 3.63) is 170 Å². The van der Waals surface area contributed by atoms with Crippen LogP contribution >= 0.6 is 7.82 Å². The molecule has 0 rings (SSSR count). The highest BCUT2D eigenvalue weighted by Gasteiger charge is 2.21. The van der Waals surface area contributed by atoms with Crippen molar-refractivity contribution < 1.29 is 42.1 Å². The van der Waals surface area contributed by atoms with E-state index in [2.05, 4.69) is 184 Å². The number of rotatable bonds is 52. The number of phosphoric ester groups is 1. The Bertz CT molecular complexity index is 1920. The van der Waals surface area contributed by atoms with Crippen LogP contribution in [-0.4, -0.2) is 70.0 Å². The Labute approximate surface area is 477 Å². The Kier molecular flexibility index (Phi) is 53.7. The fourth-order valence-electron chi connectivity index (χ4n) is 7.20. The molecular formula is C68H108NO8P. The van der Waals surface area contributed by atoms with E-state index in [1.165, 1.54) is 25.7 Å². The van der Waals surface area contributed by atoms with Crippen molar-refractivity contribution >= 4 is 19.8 Å². The molecule has 2 unspecified atom stereocenters. The Balaban J connectivity index is 4.33. The van der Waals surface area contributed by atoms with Crippen LogP contribution in [0.1, 0.15) is 194 Å². The van der Waals surface area contributed by atoms with Crippen LogP contribution in [0.4, 0.5) is 0 Å². The highest BCUT2D eigenvalue weighted by Crippen LogP contribution is 2.38. The Morgan fingerprint density at radius 1 is 0.397 bits per heavy atom. The van der Waals surface area contributed by atoms with Crippen LogP contribution in [0.2, 0.25) is 0 Å². The lowest BCUT2D eigenvalue weighted by atomic mass is 10.1. The summed E-state index contributed by atoms with van der Waals surface area (Å²) in [4.78, 5) is 37.9. The molecule has 0 spiro atoms. The average molecular weight is 1100 g/mol. The van der Waals surface area contributed by atoms with E-state index in [0.29, 0.717) is 23.9 Å². The minimum absolute atomic E-state index is 0.0517. The summed E-state index contributed by atoms with van der Waals surface area (Å²) in [6, 6.07) is 0. The van der Waals surface area contributed by atoms with Gasteiger partial charge in [0, 0.05) is 12.8 Å². The van der Waals surface area contributed by atoms with Gasteiger partial charge < -0.3 is 27.9 Å². The lowest BCUT2D eigenvalue weighted by molar-refractivity contribution is -0.870. The average Bonchev–Trinajstić information content (AvgIpc) is 3.41. The summed E-state index contributed by atoms with van der Waals surface area (Å²) >= 11 is 0. The smallest absolute Gasteiger partial charge is 0.306 e. The molecule has 0 radical (unpaired) electrons. The van der Waals surface area contributed by atoms with Crippen molar-refractivity contribution in [2.75, 3.05) is 47.5 Å². The van der Waals surface area contributed by atoms with Gasteiger partial charge in [-0.3, -0.25) is 14.2 Å². The summed E-state index contributed by atoms with van der Waals surface area (Å²) in [5.74, 6) is -0.911. The largest absolute Gasteiger partial charge is 0.756 e. The number of hydrogen-bond acceptors (Lipinski definition) is 8. The van der Waals surface area contributed by atoms with Crippen molar-refractivity contribution in [1.82, 2.24) is 0 Å². The number of carbonyl (C=O) groups excluding carboxylic acids is 2. The second kappa shape index (κ2) is 57.1. The molecule has 0 amide bonds. The standard InChI is InChI=1S/C68H108NO8P/c1-6-8-10-12-14-16-18-20-22-24-26-28-30-32-34-36-38-40-42-44-46-48-50-52-54-56-58-60-67(70)74-64-66(65-76-78(72,73)75-63-62-69(3,4)5)77-68(71)61-59-57-55-53-51-49-47-45-43-41-39-37-35-33-31-29-27-25-23-21-19-17-15-13-11-9-7-2/h8-11,14-17,20-23,26-29,32-35,38-41,45,47,51,53,66H,6-7,12-13,18-19,24-25,30-31,36-37,42-44,46,48-50,52,54-65H2,1-5H3/b10-8-,11-9-,16-14-,17-15-,22-20-,23-21-,28-26-,29-27-,34-32-,35-33-,40-38-,41-39-,47-45-,53-51-. The van der Waals surface area contributed by atoms with Crippen molar-refractivity contribution in [3.8, 4) is 0 Å². The fraction of sp³-hybridized carbons (Fsp3) is 0.559. The van der Waals surface area contributed by atoms with E-state index in [0.717, 1.165) is 128 Å². The number of likely N-dealkylation sites (N-methyl/N-ethyl adjacent to an activating group) is 1. The molecule has 0 aromatic rings. The Morgan fingerprint density at radius 3 is 1.05 bits per heavy atom. The van der Waals surface area contributed by atoms with E-state index in [9.17, 15) is 19.0 Å². The normalized spacial score (nSPS) is 14.5. The number of phosphoric acid groups is 1. The highest BCUT2D eigenvalue weighted by molar-refractivity contribution is 7.45. The van der Waals surface area contributed by atoms with Crippen LogP contribution in [0.3, 0.4) is 0 Å². The number of carbonyl (C=O) groups is 2. The first-order valence-corrected chi connectivity index (χ1v) is 31.3. The van der Waals surface area contributed by atoms with E-state index in [1.54, 1.807) is 0 Å². The third-order valence-corrected chi connectivity index (χ3v) is 12.7. The molecule has 0 fully saturated rings. The molecule has 0 bridgehead atoms. The summed E-state index contributed by atoms with van der Waals surface area (Å²) in [5.41, 5.74) is 0. The zero-order chi connectivity index (χ0) is 57.0. The predicted octanol–water partition coefficient (Wildman–Crippen LogP) is 18.4. The minimum atomic E-state index is -4.67. The number of ether oxygens (including phenoxy) is 2. The van der Waals surface area contributed by atoms with Crippen LogP contribution in [0.5, 0.6) is 0 Å². The van der Waals surface area contributed by atoms with Gasteiger partial charge in [0.05, 0.1) is 27.7 Å². The number of nitrogens with zero attached hydrogens (tertiary/aromatic N) is 1. The zero-order valence-corrected chi connectivity index (χ0v) is 50.4. The number of hydrogen-bond donors (Lipinski definition) is 0. The second-order valence-electron chi connectivity index (χ2n) is 20.2. The van der Waals surface area contributed by atoms with Gasteiger partial charge in [0.1, 0.15) is 19.8 Å². The summed E-state index contributed by atoms with van der Waals surface area (Å²) in [6.45, 7) is 3.92. The molecule has 0 aliphatic rings. The molecule has 0 saturated carbocycles. The van der Waals surface area contributed by atoms with E-state index in [-0.39, 0.29) is 26.1 Å². The summed E-state index contributed by atoms with van der Waals surface area (Å²) in [5, 5.41) is 0. The molecule has 0 aromatic carbocycles. The molecule has 0 aliphatic heterocycles. The van der Waals surface area contributed by atoms with Gasteiger partial charge in [0.15, 0.2) is 6.10 Å². The maximum atomic E-state index is 12.8. The second-order valence-corrected chi connectivity index (χ2v) is 21.7. The molecule has 9 nitrogen and oxygen atoms in total. The van der Waals surface area contributed by atoms with E-state index in [4.69, 9.17) is 18.5 Å². The van der Waals surface area contributed by atoms with Gasteiger partial charge in [-0.05, 0) is 128 Å². The van der Waals surface area contributed by atoms with Gasteiger partial charge in [0.2, 0.25) is 0 Å². The lowest BCUT2D eigenvalue weighted by Crippen LogP contribution is -2.37. The summed E-state index contributed by atoms with van der Waals surface area (Å²) < 4.78 is 34.1. The molecule has 0 aliphatic carbocycles. The van der Waals surface area contributed by atoms with Crippen LogP contribution in [-0.2, 0) is 32.7 Å². The molecule has 0 saturated heterocycles. The monoisotopic (exact) mass is 1100 g/mol. The van der Waals surface area contributed by atoms with Gasteiger partial charge in [0.25, 0.3) is 7.82 Å². The minimum Gasteiger partial charge on any atom is -0.756 e. The first kappa shape index (κ1) is 73.4. The van der Waals surface area contributed by atoms with E-state index >= 15 is 0 Å². The van der Waals surface area contributed by atoms with E-state index in [1.807, 2.05) is 21.1 Å². The van der Waals surface area contributed by atoms with Crippen LogP contribution in [0, 0.1) is 0 Å². The fourth-order valence-corrected chi connectivity index (χ4v) is 7.93. The molecule has 0 heterocycles. The van der Waals surface area contributed by atoms with Crippen LogP contribution in [0.25, 0.3) is 0 Å². The number of esters is 2. The molecular weight excluding hydrogens is 990 g/mol. The van der Waals surface area contributed by atoms with E-state index < -0.39 is 32.5 Å². The number of allylic oxidation sites excluding steroid dienone is 28. The third kappa shape index (κ3) is 60.6. The first-order chi connectivity index (χ1) is 38.0. The van der Waals surface area contributed by atoms with Gasteiger partial charge in [-0.2, -0.15) is 0 Å². The molecule has 78 heavy (non-hydrogen) atoms. The SMILES string of the molecule is CC/C=C\C/C=C\C/C=C\C/C=C\C/C=C\C/C=C\C/C=C\C/C=C\CCCCC(=O)OC(COC(=O)CCCCCCCCCC/C=C\C/C=C\C/C=C\C/C=C\C/C=C\C/C=C\CC)COP(=O)([O-])OCC[N+](C)(C)C. The van der Waals surface area contributed by atoms with Crippen molar-refractivity contribution in [2.45, 2.75) is 200 Å². The number of unbranched alkanes of at least 4 members (excludes halogenated alkanes) is 10. The quantitative estimate of drug-likeness (QED) is 0.0195. The molecule has 10 heteroatoms. The topological polar surface area (TPSA) is 111 Å². The Morgan fingerprint density at radius 2 is 0.692 bits per heavy atom. The first-order valence-electron chi connectivity index (χ1n) is 29.8. The van der Waals surface area contributed by atoms with Gasteiger partial charge in [-0.25, -0.2) is 0 Å². The van der Waals surface area contributed by atoms with Crippen molar-refractivity contribution in [1.29, 1.82) is 0 Å². The lowest BCUT2D eigenvalue weighted by Gasteiger charge is -2.28. The van der Waals surface area contributed by atoms with Gasteiger partial charge >= 0.3 is 11.9 Å². The predicted molar refractivity (Wildman–Crippen MR) is 332 cm³/mol. The van der Waals surface area contributed by atoms with Gasteiger partial charge in [-0.15, -0.1) is 0 Å². The number of quaternary nitrogens is 1. The summed E-state index contributed by atoms with van der Waals surface area (Å²) in [7, 11) is 1.10. The molecule has 0 N–H and O–H groups in total. The maximum Gasteiger partial charge on any atom is 0.306 e. The van der Waals surface area contributed by atoms with Crippen LogP contribution in [0.15, 0.2) is 170 Å². The molecule has 0 aromatic heterocycles. The third-order valence-electron chi connectivity index (χ3n) is 11.7. The highest BCUT2D eigenvalue weighted by atomic mass is 31.2. The zero-order valence-electron chi connectivity index (χ0n) is 49.5. The Hall–Kier alpha value is -4.63. The summed E-state index contributed by atoms with van der Waals surface area (Å²) in [6.07, 6.45) is 86.8. The van der Waals surface area contributed by atoms with Gasteiger partial charge in [-0.1, -0.05) is 223 Å². The molecule has 2 atom stereocenters. The van der Waals surface area contributed by atoms with Crippen molar-refractivity contribution in [3.63, 3.8) is 0 Å².